The van der Waals surface area contributed by atoms with Gasteiger partial charge in [0, 0.05) is 18.2 Å². The number of carbonyl (C=O) groups is 1. The number of anilines is 1. The van der Waals surface area contributed by atoms with Crippen LogP contribution in [0, 0.1) is 0 Å². The van der Waals surface area contributed by atoms with Crippen molar-refractivity contribution in [1.82, 2.24) is 5.32 Å². The maximum Gasteiger partial charge on any atom is 0.251 e. The number of rotatable bonds is 2. The number of amides is 1. The smallest absolute Gasteiger partial charge is 0.251 e. The third kappa shape index (κ3) is 3.15. The third-order valence-corrected chi connectivity index (χ3v) is 3.41. The number of hydrogen-bond acceptors (Lipinski definition) is 3. The van der Waals surface area contributed by atoms with Crippen molar-refractivity contribution < 1.29 is 9.53 Å². The molecule has 1 fully saturated rings. The van der Waals surface area contributed by atoms with E-state index in [9.17, 15) is 4.79 Å². The van der Waals surface area contributed by atoms with Crippen molar-refractivity contribution in [2.24, 2.45) is 0 Å². The molecule has 1 aromatic rings. The van der Waals surface area contributed by atoms with Gasteiger partial charge < -0.3 is 15.8 Å². The Labute approximate surface area is 111 Å². The molecule has 1 aromatic carbocycles. The van der Waals surface area contributed by atoms with Gasteiger partial charge in [0.05, 0.1) is 16.8 Å². The summed E-state index contributed by atoms with van der Waals surface area (Å²) in [5.41, 5.74) is 6.63. The van der Waals surface area contributed by atoms with Crippen molar-refractivity contribution in [2.75, 3.05) is 12.3 Å². The molecule has 1 amide bonds. The summed E-state index contributed by atoms with van der Waals surface area (Å²) in [6.45, 7) is 2.70. The number of ether oxygens (including phenoxy) is 1. The Morgan fingerprint density at radius 2 is 2.33 bits per heavy atom. The molecule has 1 aliphatic rings. The van der Waals surface area contributed by atoms with Crippen LogP contribution in [0.3, 0.4) is 0 Å². The van der Waals surface area contributed by atoms with Crippen molar-refractivity contribution in [1.29, 1.82) is 0 Å². The first-order valence-electron chi connectivity index (χ1n) is 6.03. The molecule has 2 atom stereocenters. The Morgan fingerprint density at radius 1 is 1.56 bits per heavy atom. The van der Waals surface area contributed by atoms with Gasteiger partial charge in [-0.2, -0.15) is 0 Å². The van der Waals surface area contributed by atoms with E-state index in [0.717, 1.165) is 12.8 Å². The first-order valence-corrected chi connectivity index (χ1v) is 6.41. The number of hydrogen-bond donors (Lipinski definition) is 2. The molecule has 1 saturated heterocycles. The molecule has 1 aliphatic heterocycles. The predicted molar refractivity (Wildman–Crippen MR) is 71.8 cm³/mol. The summed E-state index contributed by atoms with van der Waals surface area (Å²) in [5.74, 6) is -0.115. The topological polar surface area (TPSA) is 64.4 Å². The Balaban J connectivity index is 2.00. The van der Waals surface area contributed by atoms with Gasteiger partial charge in [-0.05, 0) is 38.0 Å². The second-order valence-electron chi connectivity index (χ2n) is 4.61. The summed E-state index contributed by atoms with van der Waals surface area (Å²) in [5, 5.41) is 3.40. The summed E-state index contributed by atoms with van der Waals surface area (Å²) in [4.78, 5) is 12.0. The molecule has 98 valence electrons. The standard InChI is InChI=1S/C13H17ClN2O2/c1-8-6-10(4-5-18-8)16-13(17)9-2-3-12(15)11(14)7-9/h2-3,7-8,10H,4-6,15H2,1H3,(H,16,17). The van der Waals surface area contributed by atoms with Gasteiger partial charge >= 0.3 is 0 Å². The van der Waals surface area contributed by atoms with E-state index in [0.29, 0.717) is 22.9 Å². The van der Waals surface area contributed by atoms with Crippen LogP contribution in [0.2, 0.25) is 5.02 Å². The molecular weight excluding hydrogens is 252 g/mol. The molecule has 0 bridgehead atoms. The van der Waals surface area contributed by atoms with E-state index in [-0.39, 0.29) is 18.1 Å². The number of halogens is 1. The molecule has 5 heteroatoms. The van der Waals surface area contributed by atoms with Crippen LogP contribution in [0.25, 0.3) is 0 Å². The SMILES string of the molecule is CC1CC(NC(=O)c2ccc(N)c(Cl)c2)CCO1. The molecule has 1 heterocycles. The maximum absolute atomic E-state index is 12.0. The van der Waals surface area contributed by atoms with Crippen LogP contribution in [0.15, 0.2) is 18.2 Å². The van der Waals surface area contributed by atoms with Crippen LogP contribution < -0.4 is 11.1 Å². The second kappa shape index (κ2) is 5.59. The highest BCUT2D eigenvalue weighted by Crippen LogP contribution is 2.20. The molecule has 2 unspecified atom stereocenters. The minimum absolute atomic E-state index is 0.115. The van der Waals surface area contributed by atoms with Gasteiger partial charge in [0.15, 0.2) is 0 Å². The van der Waals surface area contributed by atoms with Crippen LogP contribution >= 0.6 is 11.6 Å². The number of carbonyl (C=O) groups excluding carboxylic acids is 1. The van der Waals surface area contributed by atoms with Gasteiger partial charge in [0.1, 0.15) is 0 Å². The zero-order valence-electron chi connectivity index (χ0n) is 10.3. The molecular formula is C13H17ClN2O2. The summed E-state index contributed by atoms with van der Waals surface area (Å²) >= 11 is 5.90. The van der Waals surface area contributed by atoms with Crippen molar-refractivity contribution in [3.63, 3.8) is 0 Å². The van der Waals surface area contributed by atoms with Gasteiger partial charge in [-0.15, -0.1) is 0 Å². The number of nitrogen functional groups attached to an aromatic ring is 1. The van der Waals surface area contributed by atoms with E-state index in [2.05, 4.69) is 5.32 Å². The van der Waals surface area contributed by atoms with Crippen LogP contribution in [0.4, 0.5) is 5.69 Å². The van der Waals surface area contributed by atoms with E-state index in [1.54, 1.807) is 18.2 Å². The van der Waals surface area contributed by atoms with Crippen LogP contribution in [-0.2, 0) is 4.74 Å². The Bertz CT molecular complexity index is 451. The van der Waals surface area contributed by atoms with Crippen molar-refractivity contribution >= 4 is 23.2 Å². The van der Waals surface area contributed by atoms with E-state index < -0.39 is 0 Å². The van der Waals surface area contributed by atoms with Crippen LogP contribution in [0.5, 0.6) is 0 Å². The molecule has 0 radical (unpaired) electrons. The first kappa shape index (κ1) is 13.2. The summed E-state index contributed by atoms with van der Waals surface area (Å²) < 4.78 is 5.44. The molecule has 0 spiro atoms. The number of nitrogens with one attached hydrogen (secondary N) is 1. The molecule has 0 aliphatic carbocycles. The lowest BCUT2D eigenvalue weighted by molar-refractivity contribution is 0.0136. The van der Waals surface area contributed by atoms with Gasteiger partial charge in [0.25, 0.3) is 5.91 Å². The van der Waals surface area contributed by atoms with Gasteiger partial charge in [-0.1, -0.05) is 11.6 Å². The number of nitrogens with two attached hydrogens (primary N) is 1. The minimum Gasteiger partial charge on any atom is -0.398 e. The zero-order valence-corrected chi connectivity index (χ0v) is 11.0. The third-order valence-electron chi connectivity index (χ3n) is 3.08. The average Bonchev–Trinajstić information content (AvgIpc) is 2.32. The van der Waals surface area contributed by atoms with Crippen LogP contribution in [-0.4, -0.2) is 24.7 Å². The molecule has 4 nitrogen and oxygen atoms in total. The minimum atomic E-state index is -0.115. The van der Waals surface area contributed by atoms with E-state index in [1.165, 1.54) is 0 Å². The van der Waals surface area contributed by atoms with E-state index >= 15 is 0 Å². The molecule has 3 N–H and O–H groups in total. The lowest BCUT2D eigenvalue weighted by Gasteiger charge is -2.27. The molecule has 2 rings (SSSR count). The second-order valence-corrected chi connectivity index (χ2v) is 5.02. The van der Waals surface area contributed by atoms with Crippen molar-refractivity contribution in [2.45, 2.75) is 31.9 Å². The van der Waals surface area contributed by atoms with E-state index in [4.69, 9.17) is 22.1 Å². The predicted octanol–water partition coefficient (Wildman–Crippen LogP) is 2.22. The molecule has 0 saturated carbocycles. The van der Waals surface area contributed by atoms with Gasteiger partial charge in [0.2, 0.25) is 0 Å². The van der Waals surface area contributed by atoms with Crippen molar-refractivity contribution in [3.05, 3.63) is 28.8 Å². The fourth-order valence-corrected chi connectivity index (χ4v) is 2.25. The Kier molecular flexibility index (Phi) is 4.09. The van der Waals surface area contributed by atoms with E-state index in [1.807, 2.05) is 6.92 Å². The fraction of sp³-hybridized carbons (Fsp3) is 0.462. The lowest BCUT2D eigenvalue weighted by atomic mass is 10.0. The maximum atomic E-state index is 12.0. The highest BCUT2D eigenvalue weighted by molar-refractivity contribution is 6.33. The van der Waals surface area contributed by atoms with Gasteiger partial charge in [-0.25, -0.2) is 0 Å². The summed E-state index contributed by atoms with van der Waals surface area (Å²) in [6.07, 6.45) is 1.88. The van der Waals surface area contributed by atoms with Crippen molar-refractivity contribution in [3.8, 4) is 0 Å². The Morgan fingerprint density at radius 3 is 3.00 bits per heavy atom. The van der Waals surface area contributed by atoms with Gasteiger partial charge in [-0.3, -0.25) is 4.79 Å². The van der Waals surface area contributed by atoms with Crippen LogP contribution in [0.1, 0.15) is 30.1 Å². The fourth-order valence-electron chi connectivity index (χ4n) is 2.07. The lowest BCUT2D eigenvalue weighted by Crippen LogP contribution is -2.41. The first-order chi connectivity index (χ1) is 8.56. The quantitative estimate of drug-likeness (QED) is 0.809. The summed E-state index contributed by atoms with van der Waals surface area (Å²) in [7, 11) is 0. The monoisotopic (exact) mass is 268 g/mol. The molecule has 18 heavy (non-hydrogen) atoms. The Hall–Kier alpha value is -1.26. The zero-order chi connectivity index (χ0) is 13.1. The normalized spacial score (nSPS) is 23.7. The summed E-state index contributed by atoms with van der Waals surface area (Å²) in [6, 6.07) is 5.08. The average molecular weight is 269 g/mol. The highest BCUT2D eigenvalue weighted by atomic mass is 35.5. The molecule has 0 aromatic heterocycles. The highest BCUT2D eigenvalue weighted by Gasteiger charge is 2.21. The largest absolute Gasteiger partial charge is 0.398 e. The number of benzene rings is 1.